The van der Waals surface area contributed by atoms with Crippen LogP contribution < -0.4 is 10.6 Å². The van der Waals surface area contributed by atoms with E-state index in [1.807, 2.05) is 6.07 Å². The number of rotatable bonds is 6. The van der Waals surface area contributed by atoms with Crippen molar-refractivity contribution in [1.29, 1.82) is 0 Å². The number of piperidine rings is 1. The number of aliphatic hydroxyl groups is 1. The third-order valence-corrected chi connectivity index (χ3v) is 4.99. The quantitative estimate of drug-likeness (QED) is 0.614. The molecule has 150 valence electrons. The average molecular weight is 387 g/mol. The minimum atomic E-state index is -0.888. The molecule has 1 fully saturated rings. The molecular weight excluding hydrogens is 361 g/mol. The van der Waals surface area contributed by atoms with Crippen molar-refractivity contribution in [3.05, 3.63) is 65.5 Å². The van der Waals surface area contributed by atoms with Crippen LogP contribution >= 0.6 is 0 Å². The highest BCUT2D eigenvalue weighted by Gasteiger charge is 2.21. The number of amides is 2. The summed E-state index contributed by atoms with van der Waals surface area (Å²) in [4.78, 5) is 14.3. The van der Waals surface area contributed by atoms with Gasteiger partial charge in [0.15, 0.2) is 0 Å². The van der Waals surface area contributed by atoms with Gasteiger partial charge < -0.3 is 20.8 Å². The summed E-state index contributed by atoms with van der Waals surface area (Å²) in [6.07, 6.45) is 0.689. The number of phenols is 1. The third-order valence-electron chi connectivity index (χ3n) is 4.99. The monoisotopic (exact) mass is 387 g/mol. The molecule has 28 heavy (non-hydrogen) atoms. The molecule has 2 aromatic carbocycles. The number of halogens is 1. The summed E-state index contributed by atoms with van der Waals surface area (Å²) in [5.41, 5.74) is 1.23. The first-order valence-corrected chi connectivity index (χ1v) is 9.48. The molecule has 3 rings (SSSR count). The van der Waals surface area contributed by atoms with Crippen LogP contribution in [-0.2, 0) is 6.54 Å². The second kappa shape index (κ2) is 9.52. The van der Waals surface area contributed by atoms with Gasteiger partial charge in [0.2, 0.25) is 0 Å². The fourth-order valence-corrected chi connectivity index (χ4v) is 3.38. The molecule has 1 atom stereocenters. The third kappa shape index (κ3) is 5.68. The van der Waals surface area contributed by atoms with Crippen molar-refractivity contribution < 1.29 is 19.4 Å². The maximum absolute atomic E-state index is 13.8. The molecule has 1 heterocycles. The van der Waals surface area contributed by atoms with E-state index in [1.54, 1.807) is 24.3 Å². The second-order valence-corrected chi connectivity index (χ2v) is 7.11. The van der Waals surface area contributed by atoms with Crippen LogP contribution in [0.25, 0.3) is 0 Å². The van der Waals surface area contributed by atoms with Gasteiger partial charge in [0.05, 0.1) is 6.10 Å². The van der Waals surface area contributed by atoms with Crippen LogP contribution in [0.2, 0.25) is 0 Å². The maximum Gasteiger partial charge on any atom is 0.315 e. The molecule has 0 bridgehead atoms. The van der Waals surface area contributed by atoms with Gasteiger partial charge in [-0.25, -0.2) is 9.18 Å². The standard InChI is InChI=1S/C21H26FN3O3/c22-19-7-2-1-4-16(19)14-25-10-8-17(9-11-25)24-21(28)23-13-20(27)15-5-3-6-18(26)12-15/h1-7,12,17,20,26-27H,8-11,13-14H2,(H2,23,24,28). The van der Waals surface area contributed by atoms with Crippen LogP contribution in [-0.4, -0.2) is 46.8 Å². The molecule has 2 aromatic rings. The Labute approximate surface area is 164 Å². The molecule has 0 radical (unpaired) electrons. The van der Waals surface area contributed by atoms with E-state index in [4.69, 9.17) is 0 Å². The van der Waals surface area contributed by atoms with Crippen LogP contribution in [0.5, 0.6) is 5.75 Å². The molecule has 0 aliphatic carbocycles. The molecule has 4 N–H and O–H groups in total. The van der Waals surface area contributed by atoms with Crippen molar-refractivity contribution in [2.24, 2.45) is 0 Å². The zero-order chi connectivity index (χ0) is 19.9. The van der Waals surface area contributed by atoms with Gasteiger partial charge in [0.1, 0.15) is 11.6 Å². The lowest BCUT2D eigenvalue weighted by atomic mass is 10.0. The number of benzene rings is 2. The van der Waals surface area contributed by atoms with E-state index in [9.17, 15) is 19.4 Å². The molecular formula is C21H26FN3O3. The molecule has 6 nitrogen and oxygen atoms in total. The lowest BCUT2D eigenvalue weighted by Crippen LogP contribution is -2.48. The van der Waals surface area contributed by atoms with E-state index in [0.29, 0.717) is 17.7 Å². The zero-order valence-electron chi connectivity index (χ0n) is 15.6. The number of hydrogen-bond donors (Lipinski definition) is 4. The van der Waals surface area contributed by atoms with E-state index in [2.05, 4.69) is 15.5 Å². The van der Waals surface area contributed by atoms with Crippen LogP contribution in [0.4, 0.5) is 9.18 Å². The molecule has 2 amide bonds. The first-order chi connectivity index (χ1) is 13.5. The van der Waals surface area contributed by atoms with Crippen LogP contribution in [0.3, 0.4) is 0 Å². The predicted octanol–water partition coefficient (Wildman–Crippen LogP) is 2.53. The number of urea groups is 1. The first-order valence-electron chi connectivity index (χ1n) is 9.48. The normalized spacial score (nSPS) is 16.5. The van der Waals surface area contributed by atoms with E-state index in [1.165, 1.54) is 18.2 Å². The fraction of sp³-hybridized carbons (Fsp3) is 0.381. The topological polar surface area (TPSA) is 84.8 Å². The Morgan fingerprint density at radius 2 is 1.93 bits per heavy atom. The predicted molar refractivity (Wildman–Crippen MR) is 104 cm³/mol. The molecule has 1 saturated heterocycles. The van der Waals surface area contributed by atoms with Gasteiger partial charge in [-0.1, -0.05) is 30.3 Å². The minimum absolute atomic E-state index is 0.0507. The minimum Gasteiger partial charge on any atom is -0.508 e. The smallest absolute Gasteiger partial charge is 0.315 e. The summed E-state index contributed by atoms with van der Waals surface area (Å²) >= 11 is 0. The van der Waals surface area contributed by atoms with Gasteiger partial charge in [0, 0.05) is 37.8 Å². The number of phenolic OH excluding ortho intramolecular Hbond substituents is 1. The van der Waals surface area contributed by atoms with E-state index in [-0.39, 0.29) is 30.2 Å². The van der Waals surface area contributed by atoms with Gasteiger partial charge in [-0.05, 0) is 36.6 Å². The van der Waals surface area contributed by atoms with Crippen molar-refractivity contribution in [3.63, 3.8) is 0 Å². The largest absolute Gasteiger partial charge is 0.508 e. The lowest BCUT2D eigenvalue weighted by molar-refractivity contribution is 0.167. The number of likely N-dealkylation sites (tertiary alicyclic amines) is 1. The van der Waals surface area contributed by atoms with Gasteiger partial charge >= 0.3 is 6.03 Å². The Morgan fingerprint density at radius 1 is 1.18 bits per heavy atom. The highest BCUT2D eigenvalue weighted by atomic mass is 19.1. The summed E-state index contributed by atoms with van der Waals surface area (Å²) in [5, 5.41) is 25.1. The van der Waals surface area contributed by atoms with E-state index < -0.39 is 6.10 Å². The van der Waals surface area contributed by atoms with Crippen LogP contribution in [0.1, 0.15) is 30.1 Å². The van der Waals surface area contributed by atoms with Crippen molar-refractivity contribution >= 4 is 6.03 Å². The molecule has 0 aromatic heterocycles. The molecule has 7 heteroatoms. The SMILES string of the molecule is O=C(NCC(O)c1cccc(O)c1)NC1CCN(Cc2ccccc2F)CC1. The number of nitrogens with one attached hydrogen (secondary N) is 2. The van der Waals surface area contributed by atoms with E-state index in [0.717, 1.165) is 25.9 Å². The number of carbonyl (C=O) groups is 1. The Balaban J connectivity index is 1.38. The van der Waals surface area contributed by atoms with Gasteiger partial charge in [-0.2, -0.15) is 0 Å². The Kier molecular flexibility index (Phi) is 6.84. The van der Waals surface area contributed by atoms with Crippen molar-refractivity contribution in [3.8, 4) is 5.75 Å². The average Bonchev–Trinajstić information content (AvgIpc) is 2.69. The summed E-state index contributed by atoms with van der Waals surface area (Å²) in [6, 6.07) is 12.8. The molecule has 0 spiro atoms. The van der Waals surface area contributed by atoms with Crippen LogP contribution in [0, 0.1) is 5.82 Å². The molecule has 1 aliphatic heterocycles. The Hall–Kier alpha value is -2.64. The Bertz CT molecular complexity index is 794. The fourth-order valence-electron chi connectivity index (χ4n) is 3.38. The zero-order valence-corrected chi connectivity index (χ0v) is 15.6. The van der Waals surface area contributed by atoms with Gasteiger partial charge in [-0.3, -0.25) is 4.90 Å². The lowest BCUT2D eigenvalue weighted by Gasteiger charge is -2.32. The summed E-state index contributed by atoms with van der Waals surface area (Å²) in [5.74, 6) is -0.115. The summed E-state index contributed by atoms with van der Waals surface area (Å²) < 4.78 is 13.8. The van der Waals surface area contributed by atoms with Crippen molar-refractivity contribution in [1.82, 2.24) is 15.5 Å². The number of nitrogens with zero attached hydrogens (tertiary/aromatic N) is 1. The molecule has 1 unspecified atom stereocenters. The van der Waals surface area contributed by atoms with Crippen molar-refractivity contribution in [2.75, 3.05) is 19.6 Å². The number of carbonyl (C=O) groups excluding carboxylic acids is 1. The molecule has 0 saturated carbocycles. The summed E-state index contributed by atoms with van der Waals surface area (Å²) in [6.45, 7) is 2.19. The highest BCUT2D eigenvalue weighted by Crippen LogP contribution is 2.18. The highest BCUT2D eigenvalue weighted by molar-refractivity contribution is 5.74. The number of aliphatic hydroxyl groups excluding tert-OH is 1. The van der Waals surface area contributed by atoms with Gasteiger partial charge in [0.25, 0.3) is 0 Å². The molecule has 1 aliphatic rings. The number of hydrogen-bond acceptors (Lipinski definition) is 4. The van der Waals surface area contributed by atoms with E-state index >= 15 is 0 Å². The van der Waals surface area contributed by atoms with Crippen LogP contribution in [0.15, 0.2) is 48.5 Å². The maximum atomic E-state index is 13.8. The summed E-state index contributed by atoms with van der Waals surface area (Å²) in [7, 11) is 0. The first kappa shape index (κ1) is 20.1. The second-order valence-electron chi connectivity index (χ2n) is 7.11. The Morgan fingerprint density at radius 3 is 2.64 bits per heavy atom. The van der Waals surface area contributed by atoms with Gasteiger partial charge in [-0.15, -0.1) is 0 Å². The van der Waals surface area contributed by atoms with Crippen molar-refractivity contribution in [2.45, 2.75) is 31.5 Å². The number of aromatic hydroxyl groups is 1.